The van der Waals surface area contributed by atoms with E-state index in [4.69, 9.17) is 27.9 Å². The second-order valence-electron chi connectivity index (χ2n) is 11.0. The number of carbonyl (C=O) groups is 4. The first-order valence-corrected chi connectivity index (χ1v) is 14.1. The molecule has 0 aromatic heterocycles. The number of nitrogens with zero attached hydrogens (tertiary/aromatic N) is 2. The SMILES string of the molecule is CCN1C(=O)[C@H]2[C@H](CC=C3[C@H]2C[C@@]2(Cl)C(=O)N(c4c(F)c(F)c(F)c(F)c4F)C(=O)[C@@]2(Cl)[C@H]3c2c(O)cccc2OC)C1=O. The number of carbonyl (C=O) groups excluding carboxylic acids is 4. The Labute approximate surface area is 255 Å². The van der Waals surface area contributed by atoms with Gasteiger partial charge in [0.2, 0.25) is 17.6 Å². The second-order valence-corrected chi connectivity index (χ2v) is 12.2. The molecule has 2 aliphatic carbocycles. The van der Waals surface area contributed by atoms with E-state index in [-0.39, 0.29) is 34.8 Å². The third kappa shape index (κ3) is 3.50. The van der Waals surface area contributed by atoms with Gasteiger partial charge in [-0.1, -0.05) is 17.7 Å². The van der Waals surface area contributed by atoms with Gasteiger partial charge < -0.3 is 9.84 Å². The van der Waals surface area contributed by atoms with Crippen LogP contribution in [0.4, 0.5) is 27.6 Å². The topological polar surface area (TPSA) is 104 Å². The van der Waals surface area contributed by atoms with Crippen LogP contribution in [0.1, 0.15) is 31.2 Å². The van der Waals surface area contributed by atoms with Gasteiger partial charge >= 0.3 is 0 Å². The zero-order valence-electron chi connectivity index (χ0n) is 22.8. The van der Waals surface area contributed by atoms with Crippen molar-refractivity contribution in [3.8, 4) is 11.5 Å². The number of fused-ring (bicyclic) bond motifs is 4. The summed E-state index contributed by atoms with van der Waals surface area (Å²) in [5.74, 6) is -21.9. The van der Waals surface area contributed by atoms with Crippen molar-refractivity contribution >= 4 is 52.5 Å². The number of halogens is 7. The average Bonchev–Trinajstić information content (AvgIpc) is 3.33. The van der Waals surface area contributed by atoms with Crippen molar-refractivity contribution in [3.05, 3.63) is 64.5 Å². The second kappa shape index (κ2) is 9.90. The molecule has 6 rings (SSSR count). The summed E-state index contributed by atoms with van der Waals surface area (Å²) in [7, 11) is 1.22. The number of rotatable bonds is 4. The normalized spacial score (nSPS) is 31.2. The van der Waals surface area contributed by atoms with Crippen molar-refractivity contribution in [1.29, 1.82) is 0 Å². The number of methoxy groups -OCH3 is 1. The highest BCUT2D eigenvalue weighted by Crippen LogP contribution is 2.67. The number of benzene rings is 2. The van der Waals surface area contributed by atoms with Crippen molar-refractivity contribution in [2.45, 2.75) is 35.4 Å². The summed E-state index contributed by atoms with van der Waals surface area (Å²) in [5, 5.41) is 11.1. The molecule has 6 atom stereocenters. The van der Waals surface area contributed by atoms with Crippen LogP contribution in [0.25, 0.3) is 0 Å². The van der Waals surface area contributed by atoms with Gasteiger partial charge in [0.25, 0.3) is 11.8 Å². The van der Waals surface area contributed by atoms with Gasteiger partial charge in [-0.2, -0.15) is 0 Å². The standard InChI is InChI=1S/C29H21Cl2F5N2O6/c1-3-37-24(40)11-8-7-10-12(15(11)25(37)41)9-28(30)26(42)38(23-21(35)19(33)18(32)20(34)22(23)36)27(43)29(28,31)17(10)16-13(39)5-4-6-14(16)44-2/h4-7,11-12,15,17,39H,3,8-9H2,1-2H3/t11-,12+,15-,17+,28+,29-/m0/s1. The fourth-order valence-corrected chi connectivity index (χ4v) is 8.18. The molecule has 2 aliphatic heterocycles. The highest BCUT2D eigenvalue weighted by molar-refractivity contribution is 6.58. The molecule has 4 aliphatic rings. The fourth-order valence-electron chi connectivity index (χ4n) is 7.26. The summed E-state index contributed by atoms with van der Waals surface area (Å²) in [5.41, 5.74) is -1.86. The first-order valence-electron chi connectivity index (χ1n) is 13.4. The van der Waals surface area contributed by atoms with Gasteiger partial charge in [0, 0.05) is 18.0 Å². The van der Waals surface area contributed by atoms with Crippen LogP contribution in [0.5, 0.6) is 11.5 Å². The van der Waals surface area contributed by atoms with Crippen LogP contribution >= 0.6 is 23.2 Å². The van der Waals surface area contributed by atoms with Crippen molar-refractivity contribution in [1.82, 2.24) is 4.90 Å². The van der Waals surface area contributed by atoms with Gasteiger partial charge in [-0.05, 0) is 37.8 Å². The predicted octanol–water partition coefficient (Wildman–Crippen LogP) is 4.68. The first-order chi connectivity index (χ1) is 20.7. The highest BCUT2D eigenvalue weighted by Gasteiger charge is 2.77. The molecule has 0 bridgehead atoms. The maximum atomic E-state index is 15.1. The van der Waals surface area contributed by atoms with E-state index in [0.29, 0.717) is 0 Å². The number of aromatic hydroxyl groups is 1. The van der Waals surface area contributed by atoms with Crippen LogP contribution < -0.4 is 9.64 Å². The van der Waals surface area contributed by atoms with Gasteiger partial charge in [-0.3, -0.25) is 24.1 Å². The lowest BCUT2D eigenvalue weighted by Crippen LogP contribution is -2.60. The zero-order chi connectivity index (χ0) is 32.2. The lowest BCUT2D eigenvalue weighted by molar-refractivity contribution is -0.140. The number of hydrogen-bond acceptors (Lipinski definition) is 6. The van der Waals surface area contributed by atoms with Gasteiger partial charge in [0.15, 0.2) is 33.0 Å². The van der Waals surface area contributed by atoms with E-state index in [0.717, 1.165) is 4.90 Å². The zero-order valence-corrected chi connectivity index (χ0v) is 24.3. The molecule has 0 radical (unpaired) electrons. The summed E-state index contributed by atoms with van der Waals surface area (Å²) in [6.45, 7) is 1.63. The number of alkyl halides is 2. The molecule has 1 saturated carbocycles. The van der Waals surface area contributed by atoms with E-state index in [9.17, 15) is 37.5 Å². The Kier molecular flexibility index (Phi) is 6.82. The van der Waals surface area contributed by atoms with Crippen LogP contribution in [0.3, 0.4) is 0 Å². The van der Waals surface area contributed by atoms with Crippen LogP contribution in [0.15, 0.2) is 29.8 Å². The molecule has 3 fully saturated rings. The predicted molar refractivity (Wildman–Crippen MR) is 143 cm³/mol. The van der Waals surface area contributed by atoms with Gasteiger partial charge in [-0.25, -0.2) is 26.9 Å². The molecule has 2 saturated heterocycles. The van der Waals surface area contributed by atoms with Crippen LogP contribution in [0, 0.1) is 46.8 Å². The summed E-state index contributed by atoms with van der Waals surface area (Å²) in [6, 6.07) is 3.97. The third-order valence-corrected chi connectivity index (χ3v) is 10.6. The fraction of sp³-hybridized carbons (Fsp3) is 0.379. The Morgan fingerprint density at radius 3 is 2.14 bits per heavy atom. The van der Waals surface area contributed by atoms with Crippen molar-refractivity contribution in [3.63, 3.8) is 0 Å². The molecule has 2 heterocycles. The Morgan fingerprint density at radius 2 is 1.55 bits per heavy atom. The molecule has 232 valence electrons. The van der Waals surface area contributed by atoms with Crippen molar-refractivity contribution in [2.75, 3.05) is 18.6 Å². The number of ether oxygens (including phenoxy) is 1. The molecule has 2 aromatic rings. The van der Waals surface area contributed by atoms with Gasteiger partial charge in [-0.15, -0.1) is 23.2 Å². The molecular weight excluding hydrogens is 638 g/mol. The largest absolute Gasteiger partial charge is 0.508 e. The van der Waals surface area contributed by atoms with Crippen molar-refractivity contribution in [2.24, 2.45) is 17.8 Å². The van der Waals surface area contributed by atoms with Crippen LogP contribution in [-0.2, 0) is 19.2 Å². The minimum atomic E-state index is -2.76. The van der Waals surface area contributed by atoms with Crippen molar-refractivity contribution < 1.29 is 51.0 Å². The molecule has 0 unspecified atom stereocenters. The Morgan fingerprint density at radius 1 is 0.932 bits per heavy atom. The lowest BCUT2D eigenvalue weighted by atomic mass is 9.56. The Balaban J connectivity index is 1.64. The molecule has 8 nitrogen and oxygen atoms in total. The van der Waals surface area contributed by atoms with Gasteiger partial charge in [0.05, 0.1) is 18.9 Å². The number of phenolic OH excluding ortho intramolecular Hbond substituents is 1. The number of amides is 4. The van der Waals surface area contributed by atoms with E-state index in [1.54, 1.807) is 6.92 Å². The number of imide groups is 2. The molecule has 0 spiro atoms. The van der Waals surface area contributed by atoms with Crippen LogP contribution in [-0.4, -0.2) is 57.0 Å². The van der Waals surface area contributed by atoms with E-state index < -0.39 is 104 Å². The number of allylic oxidation sites excluding steroid dienone is 2. The number of likely N-dealkylation sites (tertiary alicyclic amines) is 1. The van der Waals surface area contributed by atoms with E-state index >= 15 is 8.78 Å². The molecule has 15 heteroatoms. The minimum absolute atomic E-state index is 0.00424. The molecule has 44 heavy (non-hydrogen) atoms. The molecule has 4 amide bonds. The highest BCUT2D eigenvalue weighted by atomic mass is 35.5. The first kappa shape index (κ1) is 30.3. The quantitative estimate of drug-likeness (QED) is 0.128. The summed E-state index contributed by atoms with van der Waals surface area (Å²) < 4.78 is 78.0. The maximum absolute atomic E-state index is 15.1. The van der Waals surface area contributed by atoms with E-state index in [1.807, 2.05) is 0 Å². The monoisotopic (exact) mass is 658 g/mol. The number of anilines is 1. The minimum Gasteiger partial charge on any atom is -0.508 e. The summed E-state index contributed by atoms with van der Waals surface area (Å²) in [6.07, 6.45) is 0.895. The van der Waals surface area contributed by atoms with E-state index in [2.05, 4.69) is 0 Å². The Hall–Kier alpha value is -3.71. The molecule has 1 N–H and O–H groups in total. The van der Waals surface area contributed by atoms with Gasteiger partial charge in [0.1, 0.15) is 17.2 Å². The summed E-state index contributed by atoms with van der Waals surface area (Å²) >= 11 is 14.1. The maximum Gasteiger partial charge on any atom is 0.258 e. The van der Waals surface area contributed by atoms with E-state index in [1.165, 1.54) is 31.4 Å². The number of phenols is 1. The summed E-state index contributed by atoms with van der Waals surface area (Å²) in [4.78, 5) is 50.3. The Bertz CT molecular complexity index is 1710. The third-order valence-electron chi connectivity index (χ3n) is 9.18. The van der Waals surface area contributed by atoms with Crippen LogP contribution in [0.2, 0.25) is 0 Å². The number of hydrogen-bond donors (Lipinski definition) is 1. The average molecular weight is 659 g/mol. The molecular formula is C29H21Cl2F5N2O6. The smallest absolute Gasteiger partial charge is 0.258 e. The lowest BCUT2D eigenvalue weighted by Gasteiger charge is -2.50. The molecule has 2 aromatic carbocycles.